The van der Waals surface area contributed by atoms with E-state index < -0.39 is 0 Å². The van der Waals surface area contributed by atoms with E-state index in [1.807, 2.05) is 56.4 Å². The number of amides is 1. The van der Waals surface area contributed by atoms with E-state index in [0.717, 1.165) is 41.8 Å². The van der Waals surface area contributed by atoms with Crippen molar-refractivity contribution in [2.45, 2.75) is 26.3 Å². The molecule has 1 N–H and O–H groups in total. The van der Waals surface area contributed by atoms with E-state index in [1.165, 1.54) is 5.56 Å². The molecule has 1 amide bonds. The number of halogens is 1. The highest BCUT2D eigenvalue weighted by molar-refractivity contribution is 9.10. The zero-order valence-corrected chi connectivity index (χ0v) is 19.4. The van der Waals surface area contributed by atoms with Gasteiger partial charge in [0, 0.05) is 24.6 Å². The Kier molecular flexibility index (Phi) is 6.43. The maximum absolute atomic E-state index is 13.1. The van der Waals surface area contributed by atoms with Crippen LogP contribution in [0, 0.1) is 12.8 Å². The quantitative estimate of drug-likeness (QED) is 0.595. The van der Waals surface area contributed by atoms with E-state index in [0.29, 0.717) is 12.2 Å². The molecule has 1 atom stereocenters. The number of nitrogens with one attached hydrogen (secondary N) is 1. The average Bonchev–Trinajstić information content (AvgIpc) is 2.99. The van der Waals surface area contributed by atoms with Crippen LogP contribution in [0.15, 0.2) is 63.9 Å². The van der Waals surface area contributed by atoms with Crippen LogP contribution in [0.5, 0.6) is 0 Å². The SMILES string of the molecule is Cc1c(NC(=O)C2CCCN(Cc3ccc(Br)cc3)C2)c(=O)n(-c2ccccc2)n1C. The van der Waals surface area contributed by atoms with Gasteiger partial charge in [-0.05, 0) is 56.1 Å². The van der Waals surface area contributed by atoms with Crippen molar-refractivity contribution in [3.05, 3.63) is 80.7 Å². The lowest BCUT2D eigenvalue weighted by molar-refractivity contribution is -0.121. The van der Waals surface area contributed by atoms with Gasteiger partial charge in [0.25, 0.3) is 5.56 Å². The van der Waals surface area contributed by atoms with Crippen LogP contribution in [0.3, 0.4) is 0 Å². The van der Waals surface area contributed by atoms with Gasteiger partial charge in [0.15, 0.2) is 0 Å². The Bertz CT molecular complexity index is 1120. The fourth-order valence-corrected chi connectivity index (χ4v) is 4.46. The zero-order chi connectivity index (χ0) is 22.0. The number of anilines is 1. The first-order valence-electron chi connectivity index (χ1n) is 10.6. The maximum atomic E-state index is 13.1. The number of benzene rings is 2. The lowest BCUT2D eigenvalue weighted by atomic mass is 9.96. The van der Waals surface area contributed by atoms with Gasteiger partial charge in [0.2, 0.25) is 5.91 Å². The third-order valence-corrected chi connectivity index (χ3v) is 6.53. The molecule has 1 saturated heterocycles. The highest BCUT2D eigenvalue weighted by Crippen LogP contribution is 2.22. The predicted octanol–water partition coefficient (Wildman–Crippen LogP) is 4.10. The molecule has 0 spiro atoms. The summed E-state index contributed by atoms with van der Waals surface area (Å²) in [4.78, 5) is 28.5. The van der Waals surface area contributed by atoms with Crippen LogP contribution >= 0.6 is 15.9 Å². The molecule has 1 aliphatic heterocycles. The zero-order valence-electron chi connectivity index (χ0n) is 17.8. The summed E-state index contributed by atoms with van der Waals surface area (Å²) in [5.41, 5.74) is 2.90. The second kappa shape index (κ2) is 9.24. The maximum Gasteiger partial charge on any atom is 0.295 e. The summed E-state index contributed by atoms with van der Waals surface area (Å²) in [6.07, 6.45) is 1.80. The van der Waals surface area contributed by atoms with E-state index in [9.17, 15) is 9.59 Å². The Morgan fingerprint density at radius 2 is 1.84 bits per heavy atom. The van der Waals surface area contributed by atoms with Crippen molar-refractivity contribution in [3.8, 4) is 5.69 Å². The molecule has 2 heterocycles. The summed E-state index contributed by atoms with van der Waals surface area (Å²) in [5, 5.41) is 2.95. The molecule has 162 valence electrons. The van der Waals surface area contributed by atoms with Gasteiger partial charge in [-0.3, -0.25) is 19.2 Å². The van der Waals surface area contributed by atoms with Gasteiger partial charge in [-0.15, -0.1) is 0 Å². The predicted molar refractivity (Wildman–Crippen MR) is 127 cm³/mol. The van der Waals surface area contributed by atoms with Gasteiger partial charge in [-0.25, -0.2) is 4.68 Å². The van der Waals surface area contributed by atoms with Crippen molar-refractivity contribution in [3.63, 3.8) is 0 Å². The minimum atomic E-state index is -0.206. The molecule has 0 saturated carbocycles. The highest BCUT2D eigenvalue weighted by atomic mass is 79.9. The summed E-state index contributed by atoms with van der Waals surface area (Å²) in [6.45, 7) is 4.35. The van der Waals surface area contributed by atoms with Crippen LogP contribution in [0.25, 0.3) is 5.69 Å². The number of rotatable bonds is 5. The number of para-hydroxylation sites is 1. The second-order valence-corrected chi connectivity index (χ2v) is 9.04. The first-order valence-corrected chi connectivity index (χ1v) is 11.3. The molecule has 4 rings (SSSR count). The van der Waals surface area contributed by atoms with Gasteiger partial charge in [-0.2, -0.15) is 0 Å². The van der Waals surface area contributed by atoms with Gasteiger partial charge in [0.05, 0.1) is 17.3 Å². The molecule has 1 fully saturated rings. The molecule has 3 aromatic rings. The number of piperidine rings is 1. The Hall–Kier alpha value is -2.64. The summed E-state index contributed by atoms with van der Waals surface area (Å²) in [6, 6.07) is 17.8. The van der Waals surface area contributed by atoms with Crippen LogP contribution in [0.2, 0.25) is 0 Å². The van der Waals surface area contributed by atoms with Gasteiger partial charge >= 0.3 is 0 Å². The molecular formula is C24H27BrN4O2. The lowest BCUT2D eigenvalue weighted by Crippen LogP contribution is -2.40. The topological polar surface area (TPSA) is 59.3 Å². The van der Waals surface area contributed by atoms with Crippen LogP contribution < -0.4 is 10.9 Å². The largest absolute Gasteiger partial charge is 0.320 e. The van der Waals surface area contributed by atoms with Crippen LogP contribution in [0.1, 0.15) is 24.1 Å². The molecule has 1 aliphatic rings. The Balaban J connectivity index is 1.48. The minimum Gasteiger partial charge on any atom is -0.320 e. The summed E-state index contributed by atoms with van der Waals surface area (Å²) in [5.74, 6) is -0.208. The first-order chi connectivity index (χ1) is 14.9. The smallest absolute Gasteiger partial charge is 0.295 e. The van der Waals surface area contributed by atoms with Gasteiger partial charge < -0.3 is 5.32 Å². The summed E-state index contributed by atoms with van der Waals surface area (Å²) < 4.78 is 4.44. The van der Waals surface area contributed by atoms with Gasteiger partial charge in [-0.1, -0.05) is 46.3 Å². The van der Waals surface area contributed by atoms with Crippen molar-refractivity contribution in [1.82, 2.24) is 14.3 Å². The fourth-order valence-electron chi connectivity index (χ4n) is 4.20. The third kappa shape index (κ3) is 4.67. The molecule has 0 bridgehead atoms. The molecule has 0 aliphatic carbocycles. The van der Waals surface area contributed by atoms with E-state index in [1.54, 1.807) is 9.36 Å². The van der Waals surface area contributed by atoms with Crippen molar-refractivity contribution >= 4 is 27.5 Å². The van der Waals surface area contributed by atoms with Gasteiger partial charge in [0.1, 0.15) is 5.69 Å². The van der Waals surface area contributed by atoms with Crippen molar-refractivity contribution in [2.24, 2.45) is 13.0 Å². The number of aromatic nitrogens is 2. The highest BCUT2D eigenvalue weighted by Gasteiger charge is 2.28. The fraction of sp³-hybridized carbons (Fsp3) is 0.333. The number of likely N-dealkylation sites (tertiary alicyclic amines) is 1. The molecule has 0 radical (unpaired) electrons. The average molecular weight is 483 g/mol. The number of carbonyl (C=O) groups excluding carboxylic acids is 1. The van der Waals surface area contributed by atoms with Crippen molar-refractivity contribution < 1.29 is 4.79 Å². The number of nitrogens with zero attached hydrogens (tertiary/aromatic N) is 3. The van der Waals surface area contributed by atoms with E-state index in [4.69, 9.17) is 0 Å². The van der Waals surface area contributed by atoms with Crippen molar-refractivity contribution in [1.29, 1.82) is 0 Å². The monoisotopic (exact) mass is 482 g/mol. The van der Waals surface area contributed by atoms with Crippen LogP contribution in [-0.2, 0) is 18.4 Å². The normalized spacial score (nSPS) is 16.9. The number of hydrogen-bond acceptors (Lipinski definition) is 3. The number of hydrogen-bond donors (Lipinski definition) is 1. The first kappa shape index (κ1) is 21.6. The Morgan fingerprint density at radius 1 is 1.13 bits per heavy atom. The lowest BCUT2D eigenvalue weighted by Gasteiger charge is -2.32. The second-order valence-electron chi connectivity index (χ2n) is 8.13. The van der Waals surface area contributed by atoms with Crippen LogP contribution in [-0.4, -0.2) is 33.3 Å². The Morgan fingerprint density at radius 3 is 2.55 bits per heavy atom. The third-order valence-electron chi connectivity index (χ3n) is 6.00. The molecular weight excluding hydrogens is 456 g/mol. The molecule has 31 heavy (non-hydrogen) atoms. The van der Waals surface area contributed by atoms with Crippen molar-refractivity contribution in [2.75, 3.05) is 18.4 Å². The standard InChI is InChI=1S/C24H27BrN4O2/c1-17-22(24(31)29(27(17)2)21-8-4-3-5-9-21)26-23(30)19-7-6-14-28(16-19)15-18-10-12-20(25)13-11-18/h3-5,8-13,19H,6-7,14-16H2,1-2H3,(H,26,30). The summed E-state index contributed by atoms with van der Waals surface area (Å²) in [7, 11) is 1.83. The Labute approximate surface area is 190 Å². The van der Waals surface area contributed by atoms with E-state index in [2.05, 4.69) is 38.3 Å². The molecule has 7 heteroatoms. The molecule has 6 nitrogen and oxygen atoms in total. The minimum absolute atomic E-state index is 0.0773. The molecule has 1 unspecified atom stereocenters. The molecule has 1 aromatic heterocycles. The molecule has 2 aromatic carbocycles. The summed E-state index contributed by atoms with van der Waals surface area (Å²) >= 11 is 3.47. The van der Waals surface area contributed by atoms with E-state index >= 15 is 0 Å². The van der Waals surface area contributed by atoms with E-state index in [-0.39, 0.29) is 17.4 Å². The van der Waals surface area contributed by atoms with Crippen LogP contribution in [0.4, 0.5) is 5.69 Å². The number of carbonyl (C=O) groups is 1.